The van der Waals surface area contributed by atoms with Gasteiger partial charge in [-0.05, 0) is 73.4 Å². The lowest BCUT2D eigenvalue weighted by atomic mass is 9.80. The molecule has 12 heteroatoms. The Morgan fingerprint density at radius 3 is 1.98 bits per heavy atom. The van der Waals surface area contributed by atoms with E-state index in [9.17, 15) is 33.9 Å². The molecule has 1 aliphatic rings. The summed E-state index contributed by atoms with van der Waals surface area (Å²) in [7, 11) is 0. The number of para-hydroxylation sites is 1. The normalized spacial score (nSPS) is 15.1. The number of carbonyl (C=O) groups excluding carboxylic acids is 6. The second-order valence-electron chi connectivity index (χ2n) is 16.3. The van der Waals surface area contributed by atoms with Gasteiger partial charge in [0, 0.05) is 48.9 Å². The molecule has 12 nitrogen and oxygen atoms in total. The molecule has 0 saturated heterocycles. The minimum Gasteiger partial charge on any atom is -0.394 e. The Labute approximate surface area is 342 Å². The van der Waals surface area contributed by atoms with Crippen molar-refractivity contribution in [1.82, 2.24) is 10.6 Å². The van der Waals surface area contributed by atoms with Gasteiger partial charge in [0.15, 0.2) is 5.78 Å². The topological polar surface area (TPSA) is 197 Å². The molecule has 0 aromatic heterocycles. The second kappa shape index (κ2) is 22.5. The van der Waals surface area contributed by atoms with E-state index in [0.29, 0.717) is 29.8 Å². The van der Waals surface area contributed by atoms with Crippen LogP contribution in [0.2, 0.25) is 0 Å². The summed E-state index contributed by atoms with van der Waals surface area (Å²) in [6.07, 6.45) is 5.81. The number of ketones is 2. The smallest absolute Gasteiger partial charge is 0.323 e. The van der Waals surface area contributed by atoms with Crippen LogP contribution in [0.5, 0.6) is 0 Å². The fraction of sp³-hybridized carbons (Fsp3) is 0.478. The number of amides is 5. The number of nitrogens with one attached hydrogen (secondary N) is 4. The number of Topliss-reactive ketones (excluding diaryl/α,β-unsaturated/α-hetero) is 2. The van der Waals surface area contributed by atoms with Gasteiger partial charge >= 0.3 is 6.03 Å². The molecule has 0 aliphatic heterocycles. The van der Waals surface area contributed by atoms with Gasteiger partial charge in [0.05, 0.1) is 6.61 Å². The highest BCUT2D eigenvalue weighted by atomic mass is 16.3. The van der Waals surface area contributed by atoms with Crippen LogP contribution < -0.4 is 27.0 Å². The highest BCUT2D eigenvalue weighted by Gasteiger charge is 2.33. The van der Waals surface area contributed by atoms with Crippen molar-refractivity contribution in [2.75, 3.05) is 17.2 Å². The van der Waals surface area contributed by atoms with Crippen molar-refractivity contribution in [2.24, 2.45) is 29.4 Å². The maximum atomic E-state index is 13.8. The quantitative estimate of drug-likeness (QED) is 0.0723. The van der Waals surface area contributed by atoms with Crippen LogP contribution >= 0.6 is 0 Å². The molecule has 3 aromatic carbocycles. The number of anilines is 2. The van der Waals surface area contributed by atoms with Gasteiger partial charge in [-0.3, -0.25) is 24.0 Å². The van der Waals surface area contributed by atoms with Gasteiger partial charge in [0.25, 0.3) is 0 Å². The van der Waals surface area contributed by atoms with Crippen LogP contribution in [0.1, 0.15) is 93.9 Å². The molecular formula is C46H61N5O7. The average molecular weight is 796 g/mol. The lowest BCUT2D eigenvalue weighted by Crippen LogP contribution is -2.50. The Hall–Kier alpha value is -5.36. The molecule has 3 aromatic rings. The summed E-state index contributed by atoms with van der Waals surface area (Å²) < 4.78 is 0. The van der Waals surface area contributed by atoms with Gasteiger partial charge < -0.3 is 32.1 Å². The van der Waals surface area contributed by atoms with Crippen LogP contribution in [0, 0.1) is 37.5 Å². The van der Waals surface area contributed by atoms with Crippen molar-refractivity contribution in [1.29, 1.82) is 0 Å². The maximum Gasteiger partial charge on any atom is 0.323 e. The Morgan fingerprint density at radius 1 is 0.741 bits per heavy atom. The number of aliphatic hydroxyl groups is 1. The van der Waals surface area contributed by atoms with E-state index in [0.717, 1.165) is 48.8 Å². The summed E-state index contributed by atoms with van der Waals surface area (Å²) in [5.74, 6) is -3.61. The van der Waals surface area contributed by atoms with Crippen molar-refractivity contribution < 1.29 is 33.9 Å². The van der Waals surface area contributed by atoms with Crippen LogP contribution in [0.15, 0.2) is 72.8 Å². The standard InChI is InChI=1S/C46H61N5O7/c1-29(2)22-35(26-38(53)24-33-18-20-37(21-19-33)48-46(58)51-39-13-9-8-10-31(39)4)44(56)50-41(28-52)42(54)27-36(23-32-11-6-5-7-12-32)45(57)49-40(43(47)55)25-34-16-14-30(3)15-17-34/h8-10,13-21,29,32,35-36,40-41,52H,5-7,11-12,22-28H2,1-4H3,(H2,47,55)(H,49,57)(H,50,56)(H2,48,51,58)/t35-,36-,40-,41+/m1/s1. The zero-order valence-corrected chi connectivity index (χ0v) is 34.4. The largest absolute Gasteiger partial charge is 0.394 e. The molecule has 58 heavy (non-hydrogen) atoms. The molecule has 1 aliphatic carbocycles. The maximum absolute atomic E-state index is 13.8. The number of carbonyl (C=O) groups is 6. The van der Waals surface area contributed by atoms with E-state index in [1.807, 2.05) is 76.2 Å². The van der Waals surface area contributed by atoms with Crippen LogP contribution in [0.4, 0.5) is 16.2 Å². The molecule has 0 unspecified atom stereocenters. The summed E-state index contributed by atoms with van der Waals surface area (Å²) in [6, 6.07) is 19.3. The second-order valence-corrected chi connectivity index (χ2v) is 16.3. The minimum atomic E-state index is -1.28. The third kappa shape index (κ3) is 14.9. The number of nitrogens with two attached hydrogens (primary N) is 1. The number of primary amides is 1. The van der Waals surface area contributed by atoms with E-state index in [1.165, 1.54) is 0 Å². The number of hydrogen-bond donors (Lipinski definition) is 6. The number of aryl methyl sites for hydroxylation is 2. The third-order valence-electron chi connectivity index (χ3n) is 10.9. The van der Waals surface area contributed by atoms with Crippen molar-refractivity contribution in [3.05, 3.63) is 95.1 Å². The molecule has 4 atom stereocenters. The fourth-order valence-corrected chi connectivity index (χ4v) is 7.61. The van der Waals surface area contributed by atoms with E-state index >= 15 is 0 Å². The van der Waals surface area contributed by atoms with E-state index in [4.69, 9.17) is 5.73 Å². The molecule has 0 spiro atoms. The highest BCUT2D eigenvalue weighted by molar-refractivity contribution is 6.00. The molecule has 312 valence electrons. The zero-order valence-electron chi connectivity index (χ0n) is 34.4. The van der Waals surface area contributed by atoms with Crippen molar-refractivity contribution in [3.8, 4) is 0 Å². The molecule has 7 N–H and O–H groups in total. The predicted molar refractivity (Wildman–Crippen MR) is 226 cm³/mol. The lowest BCUT2D eigenvalue weighted by Gasteiger charge is -2.28. The fourth-order valence-electron chi connectivity index (χ4n) is 7.61. The predicted octanol–water partition coefficient (Wildman–Crippen LogP) is 6.35. The minimum absolute atomic E-state index is 0.0599. The van der Waals surface area contributed by atoms with Gasteiger partial charge in [-0.15, -0.1) is 0 Å². The monoisotopic (exact) mass is 795 g/mol. The van der Waals surface area contributed by atoms with E-state index < -0.39 is 60.1 Å². The Bertz CT molecular complexity index is 1850. The lowest BCUT2D eigenvalue weighted by molar-refractivity contribution is -0.135. The zero-order chi connectivity index (χ0) is 42.2. The molecule has 1 fully saturated rings. The van der Waals surface area contributed by atoms with Crippen LogP contribution in [0.25, 0.3) is 0 Å². The van der Waals surface area contributed by atoms with Crippen molar-refractivity contribution in [3.63, 3.8) is 0 Å². The van der Waals surface area contributed by atoms with E-state index in [2.05, 4.69) is 21.3 Å². The molecule has 0 radical (unpaired) electrons. The SMILES string of the molecule is Cc1ccc(C[C@@H](NC(=O)[C@@H](CC(=O)[C@H](CO)NC(=O)[C@@H](CC(=O)Cc2ccc(NC(=O)Nc3ccccc3C)cc2)CC(C)C)CC2CCCCC2)C(N)=O)cc1. The first-order valence-corrected chi connectivity index (χ1v) is 20.5. The summed E-state index contributed by atoms with van der Waals surface area (Å²) in [6.45, 7) is 7.05. The van der Waals surface area contributed by atoms with Gasteiger partial charge in [-0.1, -0.05) is 106 Å². The van der Waals surface area contributed by atoms with Gasteiger partial charge in [0.1, 0.15) is 17.9 Å². The number of hydrogen-bond acceptors (Lipinski definition) is 7. The summed E-state index contributed by atoms with van der Waals surface area (Å²) >= 11 is 0. The Balaban J connectivity index is 1.37. The van der Waals surface area contributed by atoms with Crippen LogP contribution in [0.3, 0.4) is 0 Å². The Kier molecular flexibility index (Phi) is 17.6. The number of aliphatic hydroxyl groups excluding tert-OH is 1. The van der Waals surface area contributed by atoms with Crippen molar-refractivity contribution in [2.45, 2.75) is 110 Å². The highest BCUT2D eigenvalue weighted by Crippen LogP contribution is 2.31. The van der Waals surface area contributed by atoms with Crippen molar-refractivity contribution >= 4 is 46.7 Å². The molecule has 4 rings (SSSR count). The number of rotatable bonds is 21. The molecule has 0 heterocycles. The first kappa shape index (κ1) is 45.3. The summed E-state index contributed by atoms with van der Waals surface area (Å²) in [5.41, 5.74) is 10.5. The van der Waals surface area contributed by atoms with E-state index in [-0.39, 0.29) is 43.3 Å². The molecular weight excluding hydrogens is 735 g/mol. The summed E-state index contributed by atoms with van der Waals surface area (Å²) in [4.78, 5) is 79.6. The van der Waals surface area contributed by atoms with Gasteiger partial charge in [-0.2, -0.15) is 0 Å². The molecule has 5 amide bonds. The van der Waals surface area contributed by atoms with E-state index in [1.54, 1.807) is 24.3 Å². The first-order valence-electron chi connectivity index (χ1n) is 20.5. The van der Waals surface area contributed by atoms with Gasteiger partial charge in [0.2, 0.25) is 17.7 Å². The third-order valence-corrected chi connectivity index (χ3v) is 10.9. The molecule has 1 saturated carbocycles. The van der Waals surface area contributed by atoms with Crippen LogP contribution in [-0.4, -0.2) is 59.1 Å². The number of urea groups is 1. The molecule has 0 bridgehead atoms. The Morgan fingerprint density at radius 2 is 1.36 bits per heavy atom. The average Bonchev–Trinajstić information content (AvgIpc) is 3.18. The van der Waals surface area contributed by atoms with Crippen LogP contribution in [-0.2, 0) is 36.8 Å². The first-order chi connectivity index (χ1) is 27.7. The number of benzene rings is 3. The summed E-state index contributed by atoms with van der Waals surface area (Å²) in [5, 5.41) is 21.4. The van der Waals surface area contributed by atoms with Gasteiger partial charge in [-0.25, -0.2) is 4.79 Å².